The van der Waals surface area contributed by atoms with Crippen LogP contribution in [0.1, 0.15) is 29.2 Å². The van der Waals surface area contributed by atoms with E-state index in [1.54, 1.807) is 0 Å². The molecule has 4 rings (SSSR count). The van der Waals surface area contributed by atoms with E-state index < -0.39 is 0 Å². The van der Waals surface area contributed by atoms with Crippen molar-refractivity contribution in [2.24, 2.45) is 0 Å². The Morgan fingerprint density at radius 2 is 1.73 bits per heavy atom. The number of benzene rings is 2. The lowest BCUT2D eigenvalue weighted by Gasteiger charge is -2.27. The van der Waals surface area contributed by atoms with Crippen molar-refractivity contribution in [3.05, 3.63) is 77.4 Å². The Labute approximate surface area is 130 Å². The molecule has 2 aliphatic rings. The fourth-order valence-electron chi connectivity index (χ4n) is 3.26. The summed E-state index contributed by atoms with van der Waals surface area (Å²) in [6.07, 6.45) is 2.80. The third-order valence-corrected chi connectivity index (χ3v) is 4.40. The molecular weight excluding hydrogens is 272 g/mol. The summed E-state index contributed by atoms with van der Waals surface area (Å²) in [4.78, 5) is 12.3. The smallest absolute Gasteiger partial charge is 0.242 e. The maximum Gasteiger partial charge on any atom is 0.242 e. The molecule has 1 unspecified atom stereocenters. The molecule has 0 aromatic heterocycles. The first-order valence-corrected chi connectivity index (χ1v) is 7.67. The zero-order chi connectivity index (χ0) is 15.1. The van der Waals surface area contributed by atoms with Gasteiger partial charge in [0, 0.05) is 13.0 Å². The Hall–Kier alpha value is -2.39. The van der Waals surface area contributed by atoms with E-state index in [4.69, 9.17) is 0 Å². The molecule has 110 valence electrons. The quantitative estimate of drug-likeness (QED) is 0.844. The van der Waals surface area contributed by atoms with Crippen LogP contribution < -0.4 is 0 Å². The summed E-state index contributed by atoms with van der Waals surface area (Å²) in [5.74, 6) is 0.185. The van der Waals surface area contributed by atoms with E-state index in [0.717, 1.165) is 17.8 Å². The van der Waals surface area contributed by atoms with E-state index in [9.17, 15) is 4.79 Å². The summed E-state index contributed by atoms with van der Waals surface area (Å²) in [6, 6.07) is 18.9. The molecule has 0 saturated carbocycles. The van der Waals surface area contributed by atoms with Crippen molar-refractivity contribution in [1.82, 2.24) is 10.0 Å². The molecule has 0 radical (unpaired) electrons. The highest BCUT2D eigenvalue weighted by Crippen LogP contribution is 2.41. The Kier molecular flexibility index (Phi) is 3.09. The maximum absolute atomic E-state index is 12.3. The summed E-state index contributed by atoms with van der Waals surface area (Å²) >= 11 is 0. The van der Waals surface area contributed by atoms with Crippen molar-refractivity contribution >= 4 is 11.6 Å². The highest BCUT2D eigenvalue weighted by molar-refractivity contribution is 5.89. The zero-order valence-electron chi connectivity index (χ0n) is 12.6. The first-order valence-electron chi connectivity index (χ1n) is 7.67. The van der Waals surface area contributed by atoms with Gasteiger partial charge in [0.25, 0.3) is 0 Å². The number of carbonyl (C=O) groups excluding carboxylic acids is 1. The van der Waals surface area contributed by atoms with Crippen LogP contribution in [-0.4, -0.2) is 22.5 Å². The summed E-state index contributed by atoms with van der Waals surface area (Å²) in [6.45, 7) is 2.87. The van der Waals surface area contributed by atoms with E-state index in [1.165, 1.54) is 11.1 Å². The van der Waals surface area contributed by atoms with Gasteiger partial charge < -0.3 is 0 Å². The van der Waals surface area contributed by atoms with Crippen molar-refractivity contribution in [1.29, 1.82) is 0 Å². The topological polar surface area (TPSA) is 23.6 Å². The Morgan fingerprint density at radius 3 is 2.45 bits per heavy atom. The number of amides is 1. The second-order valence-electron chi connectivity index (χ2n) is 5.89. The van der Waals surface area contributed by atoms with Gasteiger partial charge in [-0.25, -0.2) is 10.0 Å². The van der Waals surface area contributed by atoms with Gasteiger partial charge in [-0.15, -0.1) is 0 Å². The average Bonchev–Trinajstić information content (AvgIpc) is 3.10. The molecule has 2 aromatic rings. The molecule has 0 spiro atoms. The molecule has 0 bridgehead atoms. The van der Waals surface area contributed by atoms with Crippen molar-refractivity contribution in [3.63, 3.8) is 0 Å². The predicted octanol–water partition coefficient (Wildman–Crippen LogP) is 3.54. The SMILES string of the molecule is Cc1ccc(C2C=C(c3ccccc3)N3C(=O)CCN23)cc1. The van der Waals surface area contributed by atoms with E-state index in [-0.39, 0.29) is 11.9 Å². The summed E-state index contributed by atoms with van der Waals surface area (Å²) in [7, 11) is 0. The second kappa shape index (κ2) is 5.11. The Morgan fingerprint density at radius 1 is 1.00 bits per heavy atom. The van der Waals surface area contributed by atoms with Gasteiger partial charge in [-0.05, 0) is 24.1 Å². The molecule has 2 aromatic carbocycles. The monoisotopic (exact) mass is 290 g/mol. The maximum atomic E-state index is 12.3. The minimum atomic E-state index is 0.141. The number of hydrazine groups is 1. The molecular formula is C19H18N2O. The predicted molar refractivity (Wildman–Crippen MR) is 86.5 cm³/mol. The first kappa shape index (κ1) is 13.3. The lowest BCUT2D eigenvalue weighted by atomic mass is 10.0. The number of fused-ring (bicyclic) bond motifs is 1. The number of rotatable bonds is 2. The number of nitrogens with zero attached hydrogens (tertiary/aromatic N) is 2. The average molecular weight is 290 g/mol. The van der Waals surface area contributed by atoms with Gasteiger partial charge in [0.05, 0.1) is 11.7 Å². The largest absolute Gasteiger partial charge is 0.273 e. The third-order valence-electron chi connectivity index (χ3n) is 4.40. The summed E-state index contributed by atoms with van der Waals surface area (Å²) in [5, 5.41) is 4.04. The van der Waals surface area contributed by atoms with Gasteiger partial charge in [-0.3, -0.25) is 4.79 Å². The van der Waals surface area contributed by atoms with E-state index >= 15 is 0 Å². The lowest BCUT2D eigenvalue weighted by molar-refractivity contribution is -0.131. The molecule has 3 heteroatoms. The second-order valence-corrected chi connectivity index (χ2v) is 5.89. The molecule has 22 heavy (non-hydrogen) atoms. The molecule has 1 fully saturated rings. The summed E-state index contributed by atoms with van der Waals surface area (Å²) in [5.41, 5.74) is 4.59. The molecule has 3 nitrogen and oxygen atoms in total. The Bertz CT molecular complexity index is 734. The van der Waals surface area contributed by atoms with Crippen LogP contribution >= 0.6 is 0 Å². The highest BCUT2D eigenvalue weighted by Gasteiger charge is 2.41. The van der Waals surface area contributed by atoms with Crippen LogP contribution in [0.3, 0.4) is 0 Å². The number of carbonyl (C=O) groups is 1. The van der Waals surface area contributed by atoms with Gasteiger partial charge in [0.15, 0.2) is 0 Å². The van der Waals surface area contributed by atoms with Crippen molar-refractivity contribution in [2.75, 3.05) is 6.54 Å². The minimum absolute atomic E-state index is 0.141. The number of hydrogen-bond acceptors (Lipinski definition) is 2. The van der Waals surface area contributed by atoms with E-state index in [2.05, 4.69) is 54.4 Å². The normalized spacial score (nSPS) is 21.1. The van der Waals surface area contributed by atoms with Crippen molar-refractivity contribution < 1.29 is 4.79 Å². The van der Waals surface area contributed by atoms with Gasteiger partial charge in [0.1, 0.15) is 0 Å². The van der Waals surface area contributed by atoms with Crippen LogP contribution in [0.4, 0.5) is 0 Å². The van der Waals surface area contributed by atoms with Gasteiger partial charge >= 0.3 is 0 Å². The van der Waals surface area contributed by atoms with Crippen molar-refractivity contribution in [3.8, 4) is 0 Å². The van der Waals surface area contributed by atoms with Crippen LogP contribution in [0.5, 0.6) is 0 Å². The lowest BCUT2D eigenvalue weighted by Crippen LogP contribution is -2.34. The summed E-state index contributed by atoms with van der Waals surface area (Å²) < 4.78 is 0. The number of hydrogen-bond donors (Lipinski definition) is 0. The standard InChI is InChI=1S/C19H18N2O/c1-14-7-9-16(10-8-14)17-13-18(15-5-3-2-4-6-15)21-19(22)11-12-20(17)21/h2-10,13,17H,11-12H2,1H3. The highest BCUT2D eigenvalue weighted by atomic mass is 16.2. The number of aryl methyl sites for hydroxylation is 1. The van der Waals surface area contributed by atoms with Gasteiger partial charge in [-0.1, -0.05) is 60.2 Å². The molecule has 0 N–H and O–H groups in total. The third kappa shape index (κ3) is 2.06. The minimum Gasteiger partial charge on any atom is -0.273 e. The molecule has 1 saturated heterocycles. The van der Waals surface area contributed by atoms with E-state index in [0.29, 0.717) is 6.42 Å². The van der Waals surface area contributed by atoms with Gasteiger partial charge in [-0.2, -0.15) is 0 Å². The van der Waals surface area contributed by atoms with Crippen LogP contribution in [0.15, 0.2) is 60.7 Å². The fourth-order valence-corrected chi connectivity index (χ4v) is 3.26. The van der Waals surface area contributed by atoms with Crippen LogP contribution in [0.25, 0.3) is 5.70 Å². The van der Waals surface area contributed by atoms with E-state index in [1.807, 2.05) is 23.2 Å². The van der Waals surface area contributed by atoms with Crippen LogP contribution in [0.2, 0.25) is 0 Å². The first-order chi connectivity index (χ1) is 10.7. The molecule has 0 aliphatic carbocycles. The zero-order valence-corrected chi connectivity index (χ0v) is 12.6. The molecule has 2 heterocycles. The molecule has 1 amide bonds. The Balaban J connectivity index is 1.78. The van der Waals surface area contributed by atoms with Crippen LogP contribution in [0, 0.1) is 6.92 Å². The fraction of sp³-hybridized carbons (Fsp3) is 0.211. The van der Waals surface area contributed by atoms with Gasteiger partial charge in [0.2, 0.25) is 5.91 Å². The van der Waals surface area contributed by atoms with Crippen LogP contribution in [-0.2, 0) is 4.79 Å². The van der Waals surface area contributed by atoms with Crippen molar-refractivity contribution in [2.45, 2.75) is 19.4 Å². The molecule has 2 aliphatic heterocycles. The molecule has 1 atom stereocenters.